The smallest absolute Gasteiger partial charge is 0.263 e. The van der Waals surface area contributed by atoms with Gasteiger partial charge in [0.2, 0.25) is 0 Å². The summed E-state index contributed by atoms with van der Waals surface area (Å²) in [5.74, 6) is -0.296. The number of amidine groups is 1. The SMILES string of the molecule is N/C(=N/OCC(=O)N1CCCCCC1)c1ccc(F)cc1. The Morgan fingerprint density at radius 1 is 1.19 bits per heavy atom. The number of nitrogens with two attached hydrogens (primary N) is 1. The minimum absolute atomic E-state index is 0.0763. The minimum Gasteiger partial charge on any atom is -0.384 e. The molecule has 1 heterocycles. The molecule has 1 aromatic rings. The lowest BCUT2D eigenvalue weighted by Crippen LogP contribution is -2.34. The van der Waals surface area contributed by atoms with Crippen LogP contribution in [0.25, 0.3) is 0 Å². The number of oxime groups is 1. The van der Waals surface area contributed by atoms with Gasteiger partial charge < -0.3 is 15.5 Å². The molecule has 0 aliphatic carbocycles. The monoisotopic (exact) mass is 293 g/mol. The first kappa shape index (κ1) is 15.3. The molecule has 1 aliphatic heterocycles. The Morgan fingerprint density at radius 2 is 1.81 bits per heavy atom. The summed E-state index contributed by atoms with van der Waals surface area (Å²) in [6, 6.07) is 5.60. The standard InChI is InChI=1S/C15H20FN3O2/c16-13-7-5-12(6-8-13)15(17)18-21-11-14(20)19-9-3-1-2-4-10-19/h5-8H,1-4,9-11H2,(H2,17,18). The zero-order chi connectivity index (χ0) is 15.1. The molecule has 1 saturated heterocycles. The van der Waals surface area contributed by atoms with E-state index in [0.29, 0.717) is 5.56 Å². The number of rotatable bonds is 4. The van der Waals surface area contributed by atoms with Crippen LogP contribution in [0.5, 0.6) is 0 Å². The maximum Gasteiger partial charge on any atom is 0.263 e. The number of halogens is 1. The molecule has 5 nitrogen and oxygen atoms in total. The molecule has 1 amide bonds. The molecule has 1 aliphatic rings. The van der Waals surface area contributed by atoms with E-state index in [4.69, 9.17) is 10.6 Å². The first-order chi connectivity index (χ1) is 10.2. The van der Waals surface area contributed by atoms with Crippen molar-refractivity contribution in [3.8, 4) is 0 Å². The predicted octanol–water partition coefficient (Wildman–Crippen LogP) is 1.87. The first-order valence-corrected chi connectivity index (χ1v) is 7.16. The van der Waals surface area contributed by atoms with Crippen molar-refractivity contribution >= 4 is 11.7 Å². The van der Waals surface area contributed by atoms with Crippen LogP contribution >= 0.6 is 0 Å². The number of hydrogen-bond donors (Lipinski definition) is 1. The Hall–Kier alpha value is -2.11. The van der Waals surface area contributed by atoms with Crippen molar-refractivity contribution in [1.29, 1.82) is 0 Å². The van der Waals surface area contributed by atoms with Crippen LogP contribution in [-0.4, -0.2) is 36.3 Å². The topological polar surface area (TPSA) is 67.9 Å². The number of benzene rings is 1. The zero-order valence-electron chi connectivity index (χ0n) is 11.9. The van der Waals surface area contributed by atoms with E-state index in [-0.39, 0.29) is 24.2 Å². The largest absolute Gasteiger partial charge is 0.384 e. The van der Waals surface area contributed by atoms with Gasteiger partial charge in [-0.25, -0.2) is 4.39 Å². The molecular weight excluding hydrogens is 273 g/mol. The van der Waals surface area contributed by atoms with E-state index < -0.39 is 0 Å². The fraction of sp³-hybridized carbons (Fsp3) is 0.467. The Balaban J connectivity index is 1.83. The summed E-state index contributed by atoms with van der Waals surface area (Å²) in [5, 5.41) is 3.71. The third-order valence-corrected chi connectivity index (χ3v) is 3.45. The highest BCUT2D eigenvalue weighted by Gasteiger charge is 2.15. The van der Waals surface area contributed by atoms with Crippen LogP contribution in [0.1, 0.15) is 31.2 Å². The highest BCUT2D eigenvalue weighted by molar-refractivity contribution is 5.97. The predicted molar refractivity (Wildman–Crippen MR) is 78.1 cm³/mol. The van der Waals surface area contributed by atoms with Gasteiger partial charge in [-0.3, -0.25) is 4.79 Å². The van der Waals surface area contributed by atoms with Crippen molar-refractivity contribution in [2.45, 2.75) is 25.7 Å². The summed E-state index contributed by atoms with van der Waals surface area (Å²) in [6.07, 6.45) is 4.40. The Labute approximate surface area is 123 Å². The second-order valence-electron chi connectivity index (χ2n) is 5.05. The van der Waals surface area contributed by atoms with Gasteiger partial charge in [0.1, 0.15) is 5.82 Å². The van der Waals surface area contributed by atoms with Crippen molar-refractivity contribution in [2.75, 3.05) is 19.7 Å². The van der Waals surface area contributed by atoms with E-state index in [2.05, 4.69) is 5.16 Å². The Kier molecular flexibility index (Phi) is 5.54. The van der Waals surface area contributed by atoms with Crippen molar-refractivity contribution in [3.63, 3.8) is 0 Å². The van der Waals surface area contributed by atoms with Crippen LogP contribution in [-0.2, 0) is 9.63 Å². The van der Waals surface area contributed by atoms with E-state index in [0.717, 1.165) is 25.9 Å². The molecule has 0 atom stereocenters. The van der Waals surface area contributed by atoms with Crippen molar-refractivity contribution in [3.05, 3.63) is 35.6 Å². The van der Waals surface area contributed by atoms with Gasteiger partial charge in [0, 0.05) is 18.7 Å². The van der Waals surface area contributed by atoms with Gasteiger partial charge in [0.25, 0.3) is 5.91 Å². The van der Waals surface area contributed by atoms with Gasteiger partial charge >= 0.3 is 0 Å². The number of likely N-dealkylation sites (tertiary alicyclic amines) is 1. The molecule has 1 aromatic carbocycles. The maximum absolute atomic E-state index is 12.8. The summed E-state index contributed by atoms with van der Waals surface area (Å²) < 4.78 is 12.8. The molecule has 0 aromatic heterocycles. The second kappa shape index (κ2) is 7.61. The van der Waals surface area contributed by atoms with Crippen LogP contribution in [0.3, 0.4) is 0 Å². The third kappa shape index (κ3) is 4.73. The summed E-state index contributed by atoms with van der Waals surface area (Å²) in [6.45, 7) is 1.43. The van der Waals surface area contributed by atoms with Gasteiger partial charge in [-0.2, -0.15) is 0 Å². The van der Waals surface area contributed by atoms with E-state index in [1.807, 2.05) is 0 Å². The van der Waals surface area contributed by atoms with Crippen LogP contribution in [0.15, 0.2) is 29.4 Å². The van der Waals surface area contributed by atoms with E-state index in [9.17, 15) is 9.18 Å². The van der Waals surface area contributed by atoms with Crippen LogP contribution in [0.4, 0.5) is 4.39 Å². The van der Waals surface area contributed by atoms with Crippen LogP contribution in [0.2, 0.25) is 0 Å². The molecule has 2 rings (SSSR count). The van der Waals surface area contributed by atoms with Crippen molar-refractivity contribution < 1.29 is 14.0 Å². The molecule has 0 spiro atoms. The molecule has 0 saturated carbocycles. The van der Waals surface area contributed by atoms with E-state index >= 15 is 0 Å². The average Bonchev–Trinajstić information content (AvgIpc) is 2.77. The van der Waals surface area contributed by atoms with E-state index in [1.165, 1.54) is 37.1 Å². The lowest BCUT2D eigenvalue weighted by molar-refractivity contribution is -0.136. The quantitative estimate of drug-likeness (QED) is 0.523. The molecule has 1 fully saturated rings. The number of carbonyl (C=O) groups excluding carboxylic acids is 1. The molecular formula is C15H20FN3O2. The second-order valence-corrected chi connectivity index (χ2v) is 5.05. The normalized spacial score (nSPS) is 16.4. The third-order valence-electron chi connectivity index (χ3n) is 3.45. The van der Waals surface area contributed by atoms with Crippen molar-refractivity contribution in [1.82, 2.24) is 4.90 Å². The zero-order valence-corrected chi connectivity index (χ0v) is 11.9. The van der Waals surface area contributed by atoms with Gasteiger partial charge in [-0.15, -0.1) is 0 Å². The van der Waals surface area contributed by atoms with Gasteiger partial charge in [-0.05, 0) is 37.1 Å². The summed E-state index contributed by atoms with van der Waals surface area (Å²) in [7, 11) is 0. The molecule has 6 heteroatoms. The lowest BCUT2D eigenvalue weighted by atomic mass is 10.2. The van der Waals surface area contributed by atoms with E-state index in [1.54, 1.807) is 4.90 Å². The highest BCUT2D eigenvalue weighted by atomic mass is 19.1. The van der Waals surface area contributed by atoms with Crippen LogP contribution in [0, 0.1) is 5.82 Å². The average molecular weight is 293 g/mol. The first-order valence-electron chi connectivity index (χ1n) is 7.16. The van der Waals surface area contributed by atoms with Crippen molar-refractivity contribution in [2.24, 2.45) is 10.9 Å². The Bertz CT molecular complexity index is 494. The van der Waals surface area contributed by atoms with Gasteiger partial charge in [-0.1, -0.05) is 18.0 Å². The number of amides is 1. The fourth-order valence-electron chi connectivity index (χ4n) is 2.24. The molecule has 2 N–H and O–H groups in total. The number of hydrogen-bond acceptors (Lipinski definition) is 3. The minimum atomic E-state index is -0.344. The summed E-state index contributed by atoms with van der Waals surface area (Å²) in [4.78, 5) is 18.8. The number of carbonyl (C=O) groups is 1. The molecule has 21 heavy (non-hydrogen) atoms. The van der Waals surface area contributed by atoms with Gasteiger partial charge in [0.15, 0.2) is 12.4 Å². The fourth-order valence-corrected chi connectivity index (χ4v) is 2.24. The summed E-state index contributed by atoms with van der Waals surface area (Å²) in [5.41, 5.74) is 6.27. The Morgan fingerprint density at radius 3 is 2.43 bits per heavy atom. The molecule has 0 bridgehead atoms. The highest BCUT2D eigenvalue weighted by Crippen LogP contribution is 2.09. The summed E-state index contributed by atoms with van der Waals surface area (Å²) >= 11 is 0. The molecule has 114 valence electrons. The maximum atomic E-state index is 12.8. The molecule has 0 radical (unpaired) electrons. The van der Waals surface area contributed by atoms with Crippen LogP contribution < -0.4 is 5.73 Å². The number of nitrogens with zero attached hydrogens (tertiary/aromatic N) is 2. The molecule has 0 unspecified atom stereocenters. The van der Waals surface area contributed by atoms with Gasteiger partial charge in [0.05, 0.1) is 0 Å². The lowest BCUT2D eigenvalue weighted by Gasteiger charge is -2.19.